The molecule has 0 unspecified atom stereocenters. The molecule has 148 valence electrons. The zero-order valence-corrected chi connectivity index (χ0v) is 17.0. The van der Waals surface area contributed by atoms with Crippen molar-refractivity contribution in [3.8, 4) is 16.9 Å². The van der Waals surface area contributed by atoms with Crippen molar-refractivity contribution >= 4 is 11.6 Å². The summed E-state index contributed by atoms with van der Waals surface area (Å²) < 4.78 is 1.94. The van der Waals surface area contributed by atoms with E-state index in [4.69, 9.17) is 0 Å². The molecule has 30 heavy (non-hydrogen) atoms. The van der Waals surface area contributed by atoms with E-state index < -0.39 is 0 Å². The molecule has 5 rings (SSSR count). The highest BCUT2D eigenvalue weighted by molar-refractivity contribution is 6.06. The van der Waals surface area contributed by atoms with Crippen LogP contribution in [0.15, 0.2) is 84.9 Å². The minimum Gasteiger partial charge on any atom is -0.308 e. The highest BCUT2D eigenvalue weighted by Gasteiger charge is 2.23. The lowest BCUT2D eigenvalue weighted by Gasteiger charge is -2.29. The largest absolute Gasteiger partial charge is 0.308 e. The fourth-order valence-electron chi connectivity index (χ4n) is 4.16. The van der Waals surface area contributed by atoms with Crippen molar-refractivity contribution in [3.05, 3.63) is 102 Å². The number of rotatable bonds is 3. The van der Waals surface area contributed by atoms with E-state index in [0.29, 0.717) is 5.56 Å². The molecule has 0 N–H and O–H groups in total. The first kappa shape index (κ1) is 18.4. The molecule has 0 saturated carbocycles. The molecule has 0 radical (unpaired) electrons. The summed E-state index contributed by atoms with van der Waals surface area (Å²) >= 11 is 0. The Labute approximate surface area is 176 Å². The number of hydrogen-bond donors (Lipinski definition) is 0. The van der Waals surface area contributed by atoms with Crippen LogP contribution < -0.4 is 4.90 Å². The topological polar surface area (TPSA) is 38.1 Å². The van der Waals surface area contributed by atoms with Crippen molar-refractivity contribution < 1.29 is 4.79 Å². The van der Waals surface area contributed by atoms with Crippen LogP contribution in [0.25, 0.3) is 16.9 Å². The number of aryl methyl sites for hydroxylation is 2. The summed E-state index contributed by atoms with van der Waals surface area (Å²) in [7, 11) is 0. The molecule has 0 atom stereocenters. The normalized spacial score (nSPS) is 13.2. The molecule has 4 aromatic rings. The maximum absolute atomic E-state index is 13.2. The van der Waals surface area contributed by atoms with Gasteiger partial charge in [-0.2, -0.15) is 5.10 Å². The molecule has 1 aromatic heterocycles. The number of carbonyl (C=O) groups is 1. The number of benzene rings is 3. The van der Waals surface area contributed by atoms with Gasteiger partial charge in [0.05, 0.1) is 17.1 Å². The molecule has 1 aliphatic rings. The SMILES string of the molecule is Cc1cc(-c2ccccc2)n(-c2ccc(C(=O)N3CCCc4ccccc43)cc2)n1. The van der Waals surface area contributed by atoms with Crippen LogP contribution in [-0.4, -0.2) is 22.2 Å². The number of aromatic nitrogens is 2. The number of nitrogens with zero attached hydrogens (tertiary/aromatic N) is 3. The molecule has 0 spiro atoms. The minimum atomic E-state index is 0.0497. The summed E-state index contributed by atoms with van der Waals surface area (Å²) in [6.07, 6.45) is 2.02. The molecule has 4 heteroatoms. The first-order valence-corrected chi connectivity index (χ1v) is 10.3. The van der Waals surface area contributed by atoms with E-state index in [9.17, 15) is 4.79 Å². The van der Waals surface area contributed by atoms with Crippen molar-refractivity contribution in [1.29, 1.82) is 0 Å². The Morgan fingerprint density at radius 2 is 1.63 bits per heavy atom. The monoisotopic (exact) mass is 393 g/mol. The Balaban J connectivity index is 1.46. The average Bonchev–Trinajstić information content (AvgIpc) is 3.20. The number of fused-ring (bicyclic) bond motifs is 1. The lowest BCUT2D eigenvalue weighted by Crippen LogP contribution is -2.35. The summed E-state index contributed by atoms with van der Waals surface area (Å²) in [6.45, 7) is 2.75. The van der Waals surface area contributed by atoms with E-state index in [1.54, 1.807) is 0 Å². The summed E-state index contributed by atoms with van der Waals surface area (Å²) in [5.74, 6) is 0.0497. The molecule has 0 bridgehead atoms. The van der Waals surface area contributed by atoms with Gasteiger partial charge < -0.3 is 4.90 Å². The van der Waals surface area contributed by atoms with E-state index in [1.807, 2.05) is 77.2 Å². The molecule has 1 aliphatic heterocycles. The van der Waals surface area contributed by atoms with Crippen molar-refractivity contribution in [2.45, 2.75) is 19.8 Å². The molecule has 0 fully saturated rings. The second-order valence-electron chi connectivity index (χ2n) is 7.68. The zero-order chi connectivity index (χ0) is 20.5. The fourth-order valence-corrected chi connectivity index (χ4v) is 4.16. The number of anilines is 1. The fraction of sp³-hybridized carbons (Fsp3) is 0.154. The van der Waals surface area contributed by atoms with Gasteiger partial charge in [-0.1, -0.05) is 48.5 Å². The van der Waals surface area contributed by atoms with Crippen LogP contribution in [0.5, 0.6) is 0 Å². The Morgan fingerprint density at radius 3 is 2.43 bits per heavy atom. The van der Waals surface area contributed by atoms with Gasteiger partial charge in [-0.05, 0) is 61.7 Å². The Hall–Kier alpha value is -3.66. The average molecular weight is 393 g/mol. The molecular formula is C26H23N3O. The molecule has 2 heterocycles. The number of amides is 1. The first-order chi connectivity index (χ1) is 14.7. The third-order valence-electron chi connectivity index (χ3n) is 5.62. The third-order valence-corrected chi connectivity index (χ3v) is 5.62. The minimum absolute atomic E-state index is 0.0497. The lowest BCUT2D eigenvalue weighted by atomic mass is 10.0. The lowest BCUT2D eigenvalue weighted by molar-refractivity contribution is 0.0985. The van der Waals surface area contributed by atoms with Crippen LogP contribution in [0.3, 0.4) is 0 Å². The van der Waals surface area contributed by atoms with E-state index in [2.05, 4.69) is 29.4 Å². The Morgan fingerprint density at radius 1 is 0.900 bits per heavy atom. The first-order valence-electron chi connectivity index (χ1n) is 10.3. The van der Waals surface area contributed by atoms with Crippen LogP contribution in [0.4, 0.5) is 5.69 Å². The van der Waals surface area contributed by atoms with E-state index in [-0.39, 0.29) is 5.91 Å². The predicted molar refractivity (Wildman–Crippen MR) is 120 cm³/mol. The summed E-state index contributed by atoms with van der Waals surface area (Å²) in [5, 5.41) is 4.67. The van der Waals surface area contributed by atoms with Crippen molar-refractivity contribution in [2.24, 2.45) is 0 Å². The van der Waals surface area contributed by atoms with Gasteiger partial charge in [-0.25, -0.2) is 4.68 Å². The number of hydrogen-bond acceptors (Lipinski definition) is 2. The van der Waals surface area contributed by atoms with Crippen LogP contribution >= 0.6 is 0 Å². The maximum atomic E-state index is 13.2. The Bertz CT molecular complexity index is 1190. The van der Waals surface area contributed by atoms with Gasteiger partial charge in [0, 0.05) is 23.4 Å². The van der Waals surface area contributed by atoms with Gasteiger partial charge in [0.15, 0.2) is 0 Å². The molecular weight excluding hydrogens is 370 g/mol. The van der Waals surface area contributed by atoms with Gasteiger partial charge >= 0.3 is 0 Å². The molecule has 0 saturated heterocycles. The summed E-state index contributed by atoms with van der Waals surface area (Å²) in [5.41, 5.74) is 7.03. The molecule has 3 aromatic carbocycles. The second-order valence-corrected chi connectivity index (χ2v) is 7.68. The Kier molecular flexibility index (Phi) is 4.68. The van der Waals surface area contributed by atoms with Gasteiger partial charge in [-0.3, -0.25) is 4.79 Å². The van der Waals surface area contributed by atoms with Gasteiger partial charge in [0.25, 0.3) is 5.91 Å². The van der Waals surface area contributed by atoms with Crippen LogP contribution in [0, 0.1) is 6.92 Å². The van der Waals surface area contributed by atoms with Crippen molar-refractivity contribution in [1.82, 2.24) is 9.78 Å². The van der Waals surface area contributed by atoms with Crippen LogP contribution in [0.2, 0.25) is 0 Å². The van der Waals surface area contributed by atoms with Crippen LogP contribution in [-0.2, 0) is 6.42 Å². The smallest absolute Gasteiger partial charge is 0.258 e. The predicted octanol–water partition coefficient (Wildman–Crippen LogP) is 5.44. The van der Waals surface area contributed by atoms with Crippen molar-refractivity contribution in [2.75, 3.05) is 11.4 Å². The van der Waals surface area contributed by atoms with Gasteiger partial charge in [0.2, 0.25) is 0 Å². The quantitative estimate of drug-likeness (QED) is 0.465. The molecule has 1 amide bonds. The highest BCUT2D eigenvalue weighted by atomic mass is 16.2. The highest BCUT2D eigenvalue weighted by Crippen LogP contribution is 2.29. The number of carbonyl (C=O) groups excluding carboxylic acids is 1. The van der Waals surface area contributed by atoms with E-state index in [0.717, 1.165) is 47.7 Å². The summed E-state index contributed by atoms with van der Waals surface area (Å²) in [4.78, 5) is 15.1. The van der Waals surface area contributed by atoms with Gasteiger partial charge in [0.1, 0.15) is 0 Å². The summed E-state index contributed by atoms with van der Waals surface area (Å²) in [6, 6.07) is 28.3. The van der Waals surface area contributed by atoms with Gasteiger partial charge in [-0.15, -0.1) is 0 Å². The van der Waals surface area contributed by atoms with E-state index >= 15 is 0 Å². The van der Waals surface area contributed by atoms with E-state index in [1.165, 1.54) is 5.56 Å². The zero-order valence-electron chi connectivity index (χ0n) is 17.0. The maximum Gasteiger partial charge on any atom is 0.258 e. The van der Waals surface area contributed by atoms with Crippen molar-refractivity contribution in [3.63, 3.8) is 0 Å². The molecule has 4 nitrogen and oxygen atoms in total. The standard InChI is InChI=1S/C26H23N3O/c1-19-18-25(21-8-3-2-4-9-21)29(27-19)23-15-13-22(14-16-23)26(30)28-17-7-11-20-10-5-6-12-24(20)28/h2-6,8-10,12-16,18H,7,11,17H2,1H3. The second kappa shape index (κ2) is 7.64. The van der Waals surface area contributed by atoms with Crippen LogP contribution in [0.1, 0.15) is 28.0 Å². The molecule has 0 aliphatic carbocycles. The number of para-hydroxylation sites is 1. The third kappa shape index (κ3) is 3.30.